The Morgan fingerprint density at radius 1 is 1.24 bits per heavy atom. The number of nitrogens with zero attached hydrogens (tertiary/aromatic N) is 3. The molecular formula is C19H19FN4O. The average molecular weight is 338 g/mol. The number of rotatable bonds is 4. The van der Waals surface area contributed by atoms with Gasteiger partial charge in [-0.25, -0.2) is 4.39 Å². The van der Waals surface area contributed by atoms with Crippen LogP contribution in [0.2, 0.25) is 0 Å². The molecule has 0 saturated heterocycles. The molecule has 3 rings (SSSR count). The maximum absolute atomic E-state index is 13.5. The molecule has 0 fully saturated rings. The number of carbonyl (C=O) groups excluding carboxylic acids is 1. The van der Waals surface area contributed by atoms with Crippen molar-refractivity contribution in [3.05, 3.63) is 66.0 Å². The highest BCUT2D eigenvalue weighted by Gasteiger charge is 2.19. The molecule has 6 heteroatoms. The third-order valence-corrected chi connectivity index (χ3v) is 4.01. The zero-order valence-corrected chi connectivity index (χ0v) is 14.3. The van der Waals surface area contributed by atoms with Gasteiger partial charge in [-0.05, 0) is 50.6 Å². The van der Waals surface area contributed by atoms with Gasteiger partial charge in [-0.1, -0.05) is 12.1 Å². The molecule has 0 saturated carbocycles. The number of halogens is 1. The van der Waals surface area contributed by atoms with E-state index in [0.29, 0.717) is 16.8 Å². The van der Waals surface area contributed by atoms with Gasteiger partial charge in [-0.3, -0.25) is 14.5 Å². The van der Waals surface area contributed by atoms with Gasteiger partial charge in [0.05, 0.1) is 17.6 Å². The van der Waals surface area contributed by atoms with Crippen molar-refractivity contribution in [3.8, 4) is 11.1 Å². The van der Waals surface area contributed by atoms with Gasteiger partial charge in [0.2, 0.25) is 5.91 Å². The minimum Gasteiger partial charge on any atom is -0.322 e. The largest absolute Gasteiger partial charge is 0.322 e. The summed E-state index contributed by atoms with van der Waals surface area (Å²) in [5.74, 6) is -0.542. The molecule has 1 N–H and O–H groups in total. The third-order valence-electron chi connectivity index (χ3n) is 4.01. The summed E-state index contributed by atoms with van der Waals surface area (Å²) in [5.41, 5.74) is 3.70. The number of hydrogen-bond acceptors (Lipinski definition) is 3. The number of pyridine rings is 1. The van der Waals surface area contributed by atoms with E-state index in [4.69, 9.17) is 0 Å². The van der Waals surface area contributed by atoms with Crippen LogP contribution in [0.15, 0.2) is 48.8 Å². The molecule has 0 bridgehead atoms. The number of hydrogen-bond donors (Lipinski definition) is 1. The zero-order chi connectivity index (χ0) is 18.0. The zero-order valence-electron chi connectivity index (χ0n) is 14.3. The Balaban J connectivity index is 1.88. The van der Waals surface area contributed by atoms with Gasteiger partial charge < -0.3 is 5.32 Å². The van der Waals surface area contributed by atoms with Crippen LogP contribution < -0.4 is 5.32 Å². The molecule has 1 unspecified atom stereocenters. The fraction of sp³-hybridized carbons (Fsp3) is 0.211. The molecule has 0 radical (unpaired) electrons. The highest BCUT2D eigenvalue weighted by atomic mass is 19.1. The number of benzene rings is 1. The molecule has 3 aromatic rings. The van der Waals surface area contributed by atoms with E-state index < -0.39 is 6.04 Å². The van der Waals surface area contributed by atoms with E-state index >= 15 is 0 Å². The first-order valence-corrected chi connectivity index (χ1v) is 7.99. The fourth-order valence-electron chi connectivity index (χ4n) is 2.79. The van der Waals surface area contributed by atoms with E-state index in [-0.39, 0.29) is 11.7 Å². The highest BCUT2D eigenvalue weighted by Crippen LogP contribution is 2.28. The molecule has 1 aromatic carbocycles. The lowest BCUT2D eigenvalue weighted by atomic mass is 10.1. The van der Waals surface area contributed by atoms with Crippen LogP contribution in [0, 0.1) is 19.7 Å². The summed E-state index contributed by atoms with van der Waals surface area (Å²) in [4.78, 5) is 16.7. The Morgan fingerprint density at radius 3 is 2.72 bits per heavy atom. The van der Waals surface area contributed by atoms with Gasteiger partial charge in [-0.2, -0.15) is 5.10 Å². The Kier molecular flexibility index (Phi) is 4.61. The maximum Gasteiger partial charge on any atom is 0.249 e. The van der Waals surface area contributed by atoms with E-state index in [9.17, 15) is 9.18 Å². The van der Waals surface area contributed by atoms with Crippen LogP contribution in [-0.4, -0.2) is 20.7 Å². The first-order chi connectivity index (χ1) is 12.0. The molecule has 1 amide bonds. The lowest BCUT2D eigenvalue weighted by Crippen LogP contribution is -2.25. The number of aromatic nitrogens is 3. The first kappa shape index (κ1) is 16.8. The smallest absolute Gasteiger partial charge is 0.249 e. The topological polar surface area (TPSA) is 59.8 Å². The molecule has 2 heterocycles. The summed E-state index contributed by atoms with van der Waals surface area (Å²) < 4.78 is 15.2. The summed E-state index contributed by atoms with van der Waals surface area (Å²) in [5, 5.41) is 7.23. The number of aryl methyl sites for hydroxylation is 2. The molecule has 0 aliphatic rings. The van der Waals surface area contributed by atoms with Crippen LogP contribution in [0.1, 0.15) is 24.4 Å². The van der Waals surface area contributed by atoms with E-state index in [1.54, 1.807) is 42.2 Å². The lowest BCUT2D eigenvalue weighted by Gasteiger charge is -2.16. The van der Waals surface area contributed by atoms with Crippen molar-refractivity contribution in [2.75, 3.05) is 5.32 Å². The van der Waals surface area contributed by atoms with Gasteiger partial charge in [0, 0.05) is 17.5 Å². The van der Waals surface area contributed by atoms with Crippen molar-refractivity contribution in [2.45, 2.75) is 26.8 Å². The van der Waals surface area contributed by atoms with Crippen molar-refractivity contribution >= 4 is 11.6 Å². The maximum atomic E-state index is 13.5. The lowest BCUT2D eigenvalue weighted by molar-refractivity contribution is -0.119. The van der Waals surface area contributed by atoms with Gasteiger partial charge in [0.15, 0.2) is 0 Å². The van der Waals surface area contributed by atoms with E-state index in [1.807, 2.05) is 19.9 Å². The second kappa shape index (κ2) is 6.84. The summed E-state index contributed by atoms with van der Waals surface area (Å²) in [6.45, 7) is 5.58. The Hall–Kier alpha value is -3.02. The second-order valence-electron chi connectivity index (χ2n) is 5.97. The standard InChI is InChI=1S/C19H19FN4O/c1-12-9-13(2)24(23-12)14(3)19(25)22-18-11-21-8-7-17(18)15-5-4-6-16(20)10-15/h4-11,14H,1-3H3,(H,22,25). The average Bonchev–Trinajstić information content (AvgIpc) is 2.93. The highest BCUT2D eigenvalue weighted by molar-refractivity contribution is 5.97. The first-order valence-electron chi connectivity index (χ1n) is 7.99. The minimum atomic E-state index is -0.478. The van der Waals surface area contributed by atoms with Crippen LogP contribution in [0.4, 0.5) is 10.1 Å². The van der Waals surface area contributed by atoms with Crippen LogP contribution in [0.3, 0.4) is 0 Å². The molecular weight excluding hydrogens is 319 g/mol. The molecule has 2 aromatic heterocycles. The number of amides is 1. The van der Waals surface area contributed by atoms with Crippen molar-refractivity contribution in [2.24, 2.45) is 0 Å². The monoisotopic (exact) mass is 338 g/mol. The molecule has 128 valence electrons. The van der Waals surface area contributed by atoms with Crippen molar-refractivity contribution in [3.63, 3.8) is 0 Å². The van der Waals surface area contributed by atoms with Crippen LogP contribution >= 0.6 is 0 Å². The summed E-state index contributed by atoms with van der Waals surface area (Å²) in [6.07, 6.45) is 3.17. The normalized spacial score (nSPS) is 12.0. The van der Waals surface area contributed by atoms with Gasteiger partial charge >= 0.3 is 0 Å². The minimum absolute atomic E-state index is 0.211. The molecule has 5 nitrogen and oxygen atoms in total. The predicted molar refractivity (Wildman–Crippen MR) is 94.7 cm³/mol. The molecule has 0 aliphatic carbocycles. The van der Waals surface area contributed by atoms with Crippen LogP contribution in [0.5, 0.6) is 0 Å². The number of nitrogens with one attached hydrogen (secondary N) is 1. The second-order valence-corrected chi connectivity index (χ2v) is 5.97. The quantitative estimate of drug-likeness (QED) is 0.785. The van der Waals surface area contributed by atoms with E-state index in [2.05, 4.69) is 15.4 Å². The fourth-order valence-corrected chi connectivity index (χ4v) is 2.79. The number of anilines is 1. The molecule has 1 atom stereocenters. The molecule has 25 heavy (non-hydrogen) atoms. The SMILES string of the molecule is Cc1cc(C)n(C(C)C(=O)Nc2cnccc2-c2cccc(F)c2)n1. The predicted octanol–water partition coefficient (Wildman–Crippen LogP) is 3.90. The Morgan fingerprint density at radius 2 is 2.04 bits per heavy atom. The number of carbonyl (C=O) groups is 1. The van der Waals surface area contributed by atoms with Crippen molar-refractivity contribution < 1.29 is 9.18 Å². The molecule has 0 aliphatic heterocycles. The van der Waals surface area contributed by atoms with Gasteiger partial charge in [-0.15, -0.1) is 0 Å². The van der Waals surface area contributed by atoms with Crippen LogP contribution in [-0.2, 0) is 4.79 Å². The summed E-state index contributed by atoms with van der Waals surface area (Å²) >= 11 is 0. The van der Waals surface area contributed by atoms with E-state index in [0.717, 1.165) is 11.4 Å². The summed E-state index contributed by atoms with van der Waals surface area (Å²) in [6, 6.07) is 9.43. The van der Waals surface area contributed by atoms with Crippen molar-refractivity contribution in [1.82, 2.24) is 14.8 Å². The molecule has 0 spiro atoms. The van der Waals surface area contributed by atoms with Crippen molar-refractivity contribution in [1.29, 1.82) is 0 Å². The van der Waals surface area contributed by atoms with E-state index in [1.165, 1.54) is 12.1 Å². The Bertz CT molecular complexity index is 919. The van der Waals surface area contributed by atoms with Crippen LogP contribution in [0.25, 0.3) is 11.1 Å². The van der Waals surface area contributed by atoms with Gasteiger partial charge in [0.1, 0.15) is 11.9 Å². The summed E-state index contributed by atoms with van der Waals surface area (Å²) in [7, 11) is 0. The third kappa shape index (κ3) is 3.57. The van der Waals surface area contributed by atoms with Gasteiger partial charge in [0.25, 0.3) is 0 Å². The Labute approximate surface area is 145 Å².